The number of rotatable bonds is 5. The molecule has 5 nitrogen and oxygen atoms in total. The van der Waals surface area contributed by atoms with Crippen LogP contribution in [0.5, 0.6) is 5.75 Å². The van der Waals surface area contributed by atoms with Crippen LogP contribution in [0, 0.1) is 6.92 Å². The van der Waals surface area contributed by atoms with Crippen LogP contribution >= 0.6 is 0 Å². The number of amides is 1. The summed E-state index contributed by atoms with van der Waals surface area (Å²) in [7, 11) is 1.52. The Morgan fingerprint density at radius 1 is 1.09 bits per heavy atom. The zero-order valence-corrected chi connectivity index (χ0v) is 13.3. The van der Waals surface area contributed by atoms with Crippen LogP contribution in [-0.4, -0.2) is 25.1 Å². The molecule has 2 rings (SSSR count). The highest BCUT2D eigenvalue weighted by Crippen LogP contribution is 2.15. The van der Waals surface area contributed by atoms with Gasteiger partial charge in [0.1, 0.15) is 5.75 Å². The number of methoxy groups -OCH3 is 1. The Hall–Kier alpha value is -2.82. The lowest BCUT2D eigenvalue weighted by Gasteiger charge is -2.14. The summed E-state index contributed by atoms with van der Waals surface area (Å²) in [5.74, 6) is -0.406. The van der Waals surface area contributed by atoms with Crippen molar-refractivity contribution in [1.29, 1.82) is 0 Å². The van der Waals surface area contributed by atoms with Crippen molar-refractivity contribution in [2.75, 3.05) is 12.4 Å². The average Bonchev–Trinajstić information content (AvgIpc) is 2.56. The summed E-state index contributed by atoms with van der Waals surface area (Å²) in [6.45, 7) is 3.49. The fourth-order valence-corrected chi connectivity index (χ4v) is 1.91. The van der Waals surface area contributed by atoms with Crippen LogP contribution in [0.4, 0.5) is 5.69 Å². The second-order valence-corrected chi connectivity index (χ2v) is 5.13. The van der Waals surface area contributed by atoms with Crippen molar-refractivity contribution in [1.82, 2.24) is 0 Å². The number of benzene rings is 2. The number of ether oxygens (including phenoxy) is 2. The van der Waals surface area contributed by atoms with Crippen molar-refractivity contribution >= 4 is 17.6 Å². The summed E-state index contributed by atoms with van der Waals surface area (Å²) < 4.78 is 10.2. The second kappa shape index (κ2) is 7.45. The predicted octanol–water partition coefficient (Wildman–Crippen LogP) is 3.19. The third kappa shape index (κ3) is 4.57. The van der Waals surface area contributed by atoms with Gasteiger partial charge in [-0.3, -0.25) is 4.79 Å². The maximum Gasteiger partial charge on any atom is 0.339 e. The van der Waals surface area contributed by atoms with Crippen molar-refractivity contribution < 1.29 is 19.1 Å². The van der Waals surface area contributed by atoms with E-state index in [-0.39, 0.29) is 5.91 Å². The highest BCUT2D eigenvalue weighted by molar-refractivity contribution is 5.97. The molecule has 0 spiro atoms. The first-order chi connectivity index (χ1) is 11.0. The Bertz CT molecular complexity index is 694. The first-order valence-corrected chi connectivity index (χ1v) is 7.22. The summed E-state index contributed by atoms with van der Waals surface area (Å²) >= 11 is 0. The monoisotopic (exact) mass is 313 g/mol. The van der Waals surface area contributed by atoms with E-state index < -0.39 is 12.1 Å². The van der Waals surface area contributed by atoms with Crippen molar-refractivity contribution in [3.05, 3.63) is 59.7 Å². The number of carbonyl (C=O) groups is 2. The van der Waals surface area contributed by atoms with E-state index in [1.165, 1.54) is 14.0 Å². The number of aryl methyl sites for hydroxylation is 1. The summed E-state index contributed by atoms with van der Waals surface area (Å²) in [6.07, 6.45) is -0.907. The zero-order chi connectivity index (χ0) is 16.8. The van der Waals surface area contributed by atoms with Crippen LogP contribution < -0.4 is 10.1 Å². The molecule has 23 heavy (non-hydrogen) atoms. The fourth-order valence-electron chi connectivity index (χ4n) is 1.91. The molecule has 0 radical (unpaired) electrons. The molecular weight excluding hydrogens is 294 g/mol. The van der Waals surface area contributed by atoms with E-state index in [0.717, 1.165) is 5.56 Å². The number of carbonyl (C=O) groups excluding carboxylic acids is 2. The predicted molar refractivity (Wildman–Crippen MR) is 87.7 cm³/mol. The summed E-state index contributed by atoms with van der Waals surface area (Å²) in [4.78, 5) is 24.1. The molecule has 1 N–H and O–H groups in total. The molecule has 0 fully saturated rings. The first kappa shape index (κ1) is 16.5. The quantitative estimate of drug-likeness (QED) is 0.861. The Kier molecular flexibility index (Phi) is 5.36. The van der Waals surface area contributed by atoms with Crippen molar-refractivity contribution in [3.8, 4) is 5.75 Å². The third-order valence-electron chi connectivity index (χ3n) is 3.28. The molecule has 0 aliphatic heterocycles. The van der Waals surface area contributed by atoms with E-state index in [9.17, 15) is 9.59 Å². The van der Waals surface area contributed by atoms with Crippen LogP contribution in [-0.2, 0) is 9.53 Å². The maximum absolute atomic E-state index is 12.1. The van der Waals surface area contributed by atoms with Gasteiger partial charge in [0.15, 0.2) is 6.10 Å². The summed E-state index contributed by atoms with van der Waals surface area (Å²) in [5.41, 5.74) is 2.09. The fraction of sp³-hybridized carbons (Fsp3) is 0.222. The molecular formula is C18H19NO4. The minimum atomic E-state index is -0.907. The molecule has 0 heterocycles. The molecule has 0 saturated carbocycles. The van der Waals surface area contributed by atoms with Gasteiger partial charge in [0.05, 0.1) is 12.7 Å². The Morgan fingerprint density at radius 3 is 2.43 bits per heavy atom. The Morgan fingerprint density at radius 2 is 1.78 bits per heavy atom. The smallest absolute Gasteiger partial charge is 0.339 e. The van der Waals surface area contributed by atoms with E-state index in [1.807, 2.05) is 19.1 Å². The van der Waals surface area contributed by atoms with E-state index in [1.54, 1.807) is 36.4 Å². The number of nitrogens with one attached hydrogen (secondary N) is 1. The van der Waals surface area contributed by atoms with Gasteiger partial charge in [0.2, 0.25) is 0 Å². The molecule has 5 heteroatoms. The summed E-state index contributed by atoms with van der Waals surface area (Å²) in [6, 6.07) is 14.0. The van der Waals surface area contributed by atoms with Gasteiger partial charge in [-0.1, -0.05) is 23.8 Å². The molecule has 0 aromatic heterocycles. The van der Waals surface area contributed by atoms with E-state index in [0.29, 0.717) is 17.0 Å². The van der Waals surface area contributed by atoms with Gasteiger partial charge in [-0.2, -0.15) is 0 Å². The van der Waals surface area contributed by atoms with Gasteiger partial charge in [-0.05, 0) is 44.2 Å². The average molecular weight is 313 g/mol. The Labute approximate surface area is 135 Å². The number of esters is 1. The molecule has 1 unspecified atom stereocenters. The van der Waals surface area contributed by atoms with E-state index in [2.05, 4.69) is 5.32 Å². The Balaban J connectivity index is 1.97. The highest BCUT2D eigenvalue weighted by atomic mass is 16.5. The minimum absolute atomic E-state index is 0.333. The SMILES string of the molecule is COc1cccc(C(=O)OC(C)C(=O)Nc2ccc(C)cc2)c1. The largest absolute Gasteiger partial charge is 0.497 e. The molecule has 1 amide bonds. The minimum Gasteiger partial charge on any atom is -0.497 e. The highest BCUT2D eigenvalue weighted by Gasteiger charge is 2.19. The number of hydrogen-bond acceptors (Lipinski definition) is 4. The molecule has 1 atom stereocenters. The van der Waals surface area contributed by atoms with Crippen LogP contribution in [0.15, 0.2) is 48.5 Å². The zero-order valence-electron chi connectivity index (χ0n) is 13.3. The van der Waals surface area contributed by atoms with Gasteiger partial charge < -0.3 is 14.8 Å². The van der Waals surface area contributed by atoms with Gasteiger partial charge >= 0.3 is 5.97 Å². The lowest BCUT2D eigenvalue weighted by atomic mass is 10.2. The molecule has 0 aliphatic carbocycles. The molecule has 2 aromatic rings. The maximum atomic E-state index is 12.1. The first-order valence-electron chi connectivity index (χ1n) is 7.22. The van der Waals surface area contributed by atoms with Gasteiger partial charge in [0, 0.05) is 5.69 Å². The number of hydrogen-bond donors (Lipinski definition) is 1. The van der Waals surface area contributed by atoms with E-state index >= 15 is 0 Å². The molecule has 0 bridgehead atoms. The van der Waals surface area contributed by atoms with Crippen LogP contribution in [0.25, 0.3) is 0 Å². The molecule has 2 aromatic carbocycles. The molecule has 0 aliphatic rings. The standard InChI is InChI=1S/C18H19NO4/c1-12-7-9-15(10-8-12)19-17(20)13(2)23-18(21)14-5-4-6-16(11-14)22-3/h4-11,13H,1-3H3,(H,19,20). The van der Waals surface area contributed by atoms with Gasteiger partial charge in [-0.25, -0.2) is 4.79 Å². The third-order valence-corrected chi connectivity index (χ3v) is 3.28. The van der Waals surface area contributed by atoms with Gasteiger partial charge in [-0.15, -0.1) is 0 Å². The van der Waals surface area contributed by atoms with Crippen LogP contribution in [0.3, 0.4) is 0 Å². The second-order valence-electron chi connectivity index (χ2n) is 5.13. The molecule has 0 saturated heterocycles. The van der Waals surface area contributed by atoms with Crippen molar-refractivity contribution in [2.45, 2.75) is 20.0 Å². The van der Waals surface area contributed by atoms with E-state index in [4.69, 9.17) is 9.47 Å². The lowest BCUT2D eigenvalue weighted by molar-refractivity contribution is -0.123. The molecule has 120 valence electrons. The summed E-state index contributed by atoms with van der Waals surface area (Å²) in [5, 5.41) is 2.71. The lowest BCUT2D eigenvalue weighted by Crippen LogP contribution is -2.30. The van der Waals surface area contributed by atoms with Gasteiger partial charge in [0.25, 0.3) is 5.91 Å². The van der Waals surface area contributed by atoms with Crippen LogP contribution in [0.1, 0.15) is 22.8 Å². The van der Waals surface area contributed by atoms with Crippen molar-refractivity contribution in [2.24, 2.45) is 0 Å². The van der Waals surface area contributed by atoms with Crippen LogP contribution in [0.2, 0.25) is 0 Å². The number of anilines is 1. The topological polar surface area (TPSA) is 64.6 Å². The van der Waals surface area contributed by atoms with Crippen molar-refractivity contribution in [3.63, 3.8) is 0 Å². The normalized spacial score (nSPS) is 11.4.